The molecule has 2 aromatic heterocycles. The summed E-state index contributed by atoms with van der Waals surface area (Å²) in [5.74, 6) is 1.63. The summed E-state index contributed by atoms with van der Waals surface area (Å²) in [5, 5.41) is 6.33. The zero-order valence-corrected chi connectivity index (χ0v) is 17.1. The van der Waals surface area contributed by atoms with E-state index in [0.29, 0.717) is 35.1 Å². The topological polar surface area (TPSA) is 75.2 Å². The number of pyridine rings is 1. The van der Waals surface area contributed by atoms with Crippen LogP contribution in [0, 0.1) is 11.7 Å². The van der Waals surface area contributed by atoms with Gasteiger partial charge in [0.1, 0.15) is 28.4 Å². The maximum Gasteiger partial charge on any atom is 0.169 e. The minimum atomic E-state index is -0.574. The largest absolute Gasteiger partial charge is 0.492 e. The highest BCUT2D eigenvalue weighted by atomic mass is 35.5. The van der Waals surface area contributed by atoms with E-state index in [1.54, 1.807) is 12.1 Å². The molecule has 0 amide bonds. The second-order valence-corrected chi connectivity index (χ2v) is 7.99. The van der Waals surface area contributed by atoms with Crippen LogP contribution in [0.4, 0.5) is 21.7 Å². The first-order chi connectivity index (χ1) is 14.7. The molecule has 1 saturated carbocycles. The van der Waals surface area contributed by atoms with Gasteiger partial charge >= 0.3 is 0 Å². The van der Waals surface area contributed by atoms with Gasteiger partial charge in [0, 0.05) is 26.2 Å². The predicted octanol–water partition coefficient (Wildman–Crippen LogP) is 3.76. The Balaban J connectivity index is 1.43. The van der Waals surface area contributed by atoms with E-state index in [1.165, 1.54) is 6.33 Å². The lowest BCUT2D eigenvalue weighted by molar-refractivity contribution is 0.298. The Morgan fingerprint density at radius 1 is 1.17 bits per heavy atom. The molecule has 0 unspecified atom stereocenters. The molecule has 0 radical (unpaired) electrons. The van der Waals surface area contributed by atoms with E-state index in [9.17, 15) is 4.39 Å². The average molecular weight is 429 g/mol. The molecule has 0 spiro atoms. The minimum absolute atomic E-state index is 0.0338. The number of hydrogen-bond acceptors (Lipinski definition) is 7. The van der Waals surface area contributed by atoms with Crippen LogP contribution in [-0.2, 0) is 0 Å². The maximum absolute atomic E-state index is 14.9. The quantitative estimate of drug-likeness (QED) is 0.619. The third-order valence-corrected chi connectivity index (χ3v) is 5.73. The van der Waals surface area contributed by atoms with Crippen molar-refractivity contribution in [1.82, 2.24) is 20.3 Å². The number of rotatable bonds is 6. The molecule has 30 heavy (non-hydrogen) atoms. The van der Waals surface area contributed by atoms with Crippen molar-refractivity contribution < 1.29 is 9.13 Å². The SMILES string of the molecule is Fc1c(Nc2ncnc3ccc(N4CCNCC4)nc23)ccc(OCC2CC2)c1Cl. The Kier molecular flexibility index (Phi) is 5.26. The molecular formula is C21H22ClFN6O. The number of ether oxygens (including phenoxy) is 1. The minimum Gasteiger partial charge on any atom is -0.492 e. The van der Waals surface area contributed by atoms with Crippen molar-refractivity contribution in [2.24, 2.45) is 5.92 Å². The number of benzene rings is 1. The van der Waals surface area contributed by atoms with Gasteiger partial charge in [-0.15, -0.1) is 0 Å². The van der Waals surface area contributed by atoms with E-state index in [2.05, 4.69) is 25.5 Å². The lowest BCUT2D eigenvalue weighted by Crippen LogP contribution is -2.43. The number of aromatic nitrogens is 3. The number of piperazine rings is 1. The fourth-order valence-electron chi connectivity index (χ4n) is 3.45. The maximum atomic E-state index is 14.9. The van der Waals surface area contributed by atoms with E-state index < -0.39 is 5.82 Å². The van der Waals surface area contributed by atoms with Crippen molar-refractivity contribution in [2.45, 2.75) is 12.8 Å². The van der Waals surface area contributed by atoms with Crippen molar-refractivity contribution in [2.75, 3.05) is 43.0 Å². The molecule has 0 atom stereocenters. The first-order valence-corrected chi connectivity index (χ1v) is 10.5. The normalized spacial score (nSPS) is 16.7. The van der Waals surface area contributed by atoms with Gasteiger partial charge in [-0.1, -0.05) is 11.6 Å². The molecule has 2 aliphatic rings. The number of nitrogens with one attached hydrogen (secondary N) is 2. The monoisotopic (exact) mass is 428 g/mol. The summed E-state index contributed by atoms with van der Waals surface area (Å²) in [6.07, 6.45) is 3.75. The van der Waals surface area contributed by atoms with Gasteiger partial charge in [0.05, 0.1) is 17.8 Å². The Labute approximate surface area is 178 Å². The number of fused-ring (bicyclic) bond motifs is 1. The molecule has 1 aliphatic heterocycles. The molecule has 3 aromatic rings. The summed E-state index contributed by atoms with van der Waals surface area (Å²) in [7, 11) is 0. The summed E-state index contributed by atoms with van der Waals surface area (Å²) in [6.45, 7) is 4.15. The fraction of sp³-hybridized carbons (Fsp3) is 0.381. The highest BCUT2D eigenvalue weighted by molar-refractivity contribution is 6.32. The van der Waals surface area contributed by atoms with E-state index in [1.807, 2.05) is 12.1 Å². The van der Waals surface area contributed by atoms with Crippen LogP contribution in [0.15, 0.2) is 30.6 Å². The Bertz CT molecular complexity index is 1070. The fourth-order valence-corrected chi connectivity index (χ4v) is 3.67. The zero-order valence-electron chi connectivity index (χ0n) is 16.4. The van der Waals surface area contributed by atoms with Crippen LogP contribution in [0.3, 0.4) is 0 Å². The van der Waals surface area contributed by atoms with Crippen LogP contribution in [0.2, 0.25) is 5.02 Å². The number of hydrogen-bond donors (Lipinski definition) is 2. The van der Waals surface area contributed by atoms with Crippen LogP contribution >= 0.6 is 11.6 Å². The second-order valence-electron chi connectivity index (χ2n) is 7.62. The van der Waals surface area contributed by atoms with Gasteiger partial charge < -0.3 is 20.3 Å². The predicted molar refractivity (Wildman–Crippen MR) is 115 cm³/mol. The van der Waals surface area contributed by atoms with Crippen LogP contribution in [0.5, 0.6) is 5.75 Å². The lowest BCUT2D eigenvalue weighted by Gasteiger charge is -2.28. The Morgan fingerprint density at radius 2 is 2.00 bits per heavy atom. The van der Waals surface area contributed by atoms with Gasteiger partial charge in [-0.3, -0.25) is 0 Å². The lowest BCUT2D eigenvalue weighted by atomic mass is 10.2. The van der Waals surface area contributed by atoms with Crippen molar-refractivity contribution in [1.29, 1.82) is 0 Å². The molecule has 2 N–H and O–H groups in total. The molecule has 1 aromatic carbocycles. The smallest absolute Gasteiger partial charge is 0.169 e. The molecule has 156 valence electrons. The summed E-state index contributed by atoms with van der Waals surface area (Å²) in [5.41, 5.74) is 1.48. The number of anilines is 3. The first kappa shape index (κ1) is 19.3. The Morgan fingerprint density at radius 3 is 2.80 bits per heavy atom. The third kappa shape index (κ3) is 3.97. The molecule has 9 heteroatoms. The van der Waals surface area contributed by atoms with Crippen LogP contribution in [-0.4, -0.2) is 47.7 Å². The standard InChI is InChI=1S/C21H22ClFN6O/c22-18-16(30-11-13-1-2-13)5-3-14(19(18)23)27-21-20-15(25-12-26-21)4-6-17(28-20)29-9-7-24-8-10-29/h3-6,12-13,24H,1-2,7-11H2,(H,25,26,27). The molecule has 1 aliphatic carbocycles. The van der Waals surface area contributed by atoms with Gasteiger partial charge in [0.2, 0.25) is 0 Å². The van der Waals surface area contributed by atoms with Gasteiger partial charge in [-0.2, -0.15) is 0 Å². The van der Waals surface area contributed by atoms with E-state index in [4.69, 9.17) is 21.3 Å². The summed E-state index contributed by atoms with van der Waals surface area (Å²) in [4.78, 5) is 15.5. The first-order valence-electron chi connectivity index (χ1n) is 10.1. The van der Waals surface area contributed by atoms with E-state index >= 15 is 0 Å². The van der Waals surface area contributed by atoms with Crippen LogP contribution < -0.4 is 20.3 Å². The molecular weight excluding hydrogens is 407 g/mol. The summed E-state index contributed by atoms with van der Waals surface area (Å²) in [6, 6.07) is 7.15. The molecule has 7 nitrogen and oxygen atoms in total. The Hall–Kier alpha value is -2.71. The van der Waals surface area contributed by atoms with Crippen LogP contribution in [0.25, 0.3) is 11.0 Å². The van der Waals surface area contributed by atoms with Gasteiger partial charge in [-0.05, 0) is 43.0 Å². The molecule has 1 saturated heterocycles. The van der Waals surface area contributed by atoms with Crippen molar-refractivity contribution in [3.8, 4) is 5.75 Å². The van der Waals surface area contributed by atoms with Gasteiger partial charge in [0.15, 0.2) is 11.6 Å². The van der Waals surface area contributed by atoms with E-state index in [-0.39, 0.29) is 10.7 Å². The molecule has 2 fully saturated rings. The molecule has 3 heterocycles. The highest BCUT2D eigenvalue weighted by Crippen LogP contribution is 2.36. The molecule has 0 bridgehead atoms. The number of nitrogens with zero attached hydrogens (tertiary/aromatic N) is 4. The van der Waals surface area contributed by atoms with Gasteiger partial charge in [0.25, 0.3) is 0 Å². The van der Waals surface area contributed by atoms with Gasteiger partial charge in [-0.25, -0.2) is 19.3 Å². The average Bonchev–Trinajstić information content (AvgIpc) is 3.61. The van der Waals surface area contributed by atoms with Crippen molar-refractivity contribution >= 4 is 40.0 Å². The summed E-state index contributed by atoms with van der Waals surface area (Å²) < 4.78 is 20.6. The van der Waals surface area contributed by atoms with Crippen molar-refractivity contribution in [3.05, 3.63) is 41.4 Å². The summed E-state index contributed by atoms with van der Waals surface area (Å²) >= 11 is 6.21. The molecule has 5 rings (SSSR count). The third-order valence-electron chi connectivity index (χ3n) is 5.38. The van der Waals surface area contributed by atoms with E-state index in [0.717, 1.165) is 44.8 Å². The number of halogens is 2. The second kappa shape index (κ2) is 8.20. The van der Waals surface area contributed by atoms with Crippen molar-refractivity contribution in [3.63, 3.8) is 0 Å². The highest BCUT2D eigenvalue weighted by Gasteiger charge is 2.23. The van der Waals surface area contributed by atoms with Crippen LogP contribution in [0.1, 0.15) is 12.8 Å². The zero-order chi connectivity index (χ0) is 20.5.